The molecule has 0 amide bonds. The van der Waals surface area contributed by atoms with E-state index in [9.17, 15) is 14.6 Å². The maximum absolute atomic E-state index is 13.1. The Morgan fingerprint density at radius 3 is 2.73 bits per heavy atom. The first kappa shape index (κ1) is 12.2. The molecule has 0 fully saturated rings. The second kappa shape index (κ2) is 4.79. The van der Waals surface area contributed by atoms with Crippen molar-refractivity contribution in [2.45, 2.75) is 19.4 Å². The Balaban J connectivity index is 3.26. The maximum Gasteiger partial charge on any atom is 0.166 e. The quantitative estimate of drug-likeness (QED) is 0.747. The summed E-state index contributed by atoms with van der Waals surface area (Å²) >= 11 is 5.74. The molecule has 15 heavy (non-hydrogen) atoms. The highest BCUT2D eigenvalue weighted by Crippen LogP contribution is 2.35. The number of aromatic hydroxyl groups is 1. The van der Waals surface area contributed by atoms with Crippen molar-refractivity contribution in [2.24, 2.45) is 5.73 Å². The number of aliphatic hydroxyl groups is 1. The van der Waals surface area contributed by atoms with Gasteiger partial charge in [-0.2, -0.15) is 0 Å². The van der Waals surface area contributed by atoms with E-state index in [1.807, 2.05) is 0 Å². The fourth-order valence-electron chi connectivity index (χ4n) is 1.43. The second-order valence-electron chi connectivity index (χ2n) is 3.32. The first-order valence-corrected chi connectivity index (χ1v) is 4.92. The molecule has 0 saturated carbocycles. The van der Waals surface area contributed by atoms with Crippen LogP contribution in [0.1, 0.15) is 23.7 Å². The summed E-state index contributed by atoms with van der Waals surface area (Å²) in [6.45, 7) is 1.85. The van der Waals surface area contributed by atoms with Gasteiger partial charge in [-0.3, -0.25) is 0 Å². The van der Waals surface area contributed by atoms with E-state index in [0.29, 0.717) is 5.56 Å². The first-order chi connectivity index (χ1) is 6.99. The number of hydrogen-bond donors (Lipinski definition) is 3. The minimum Gasteiger partial charge on any atom is -0.505 e. The molecule has 0 heterocycles. The van der Waals surface area contributed by atoms with Crippen molar-refractivity contribution in [3.63, 3.8) is 0 Å². The number of benzene rings is 1. The van der Waals surface area contributed by atoms with Crippen molar-refractivity contribution in [3.05, 3.63) is 28.0 Å². The van der Waals surface area contributed by atoms with Crippen LogP contribution in [0.4, 0.5) is 4.39 Å². The lowest BCUT2D eigenvalue weighted by Crippen LogP contribution is -2.09. The molecule has 0 radical (unpaired) electrons. The Morgan fingerprint density at radius 2 is 2.20 bits per heavy atom. The van der Waals surface area contributed by atoms with Crippen LogP contribution in [0.15, 0.2) is 6.07 Å². The zero-order chi connectivity index (χ0) is 11.6. The van der Waals surface area contributed by atoms with Gasteiger partial charge in [0.2, 0.25) is 0 Å². The van der Waals surface area contributed by atoms with Crippen LogP contribution in [0.25, 0.3) is 0 Å². The Bertz CT molecular complexity index is 345. The lowest BCUT2D eigenvalue weighted by atomic mass is 9.99. The fourth-order valence-corrected chi connectivity index (χ4v) is 1.63. The van der Waals surface area contributed by atoms with E-state index in [1.54, 1.807) is 6.92 Å². The molecule has 84 valence electrons. The fraction of sp³-hybridized carbons (Fsp3) is 0.400. The molecule has 0 aromatic heterocycles. The van der Waals surface area contributed by atoms with Gasteiger partial charge in [0.15, 0.2) is 11.6 Å². The van der Waals surface area contributed by atoms with E-state index in [-0.39, 0.29) is 23.6 Å². The van der Waals surface area contributed by atoms with Crippen LogP contribution in [-0.4, -0.2) is 16.8 Å². The molecule has 1 unspecified atom stereocenters. The first-order valence-electron chi connectivity index (χ1n) is 4.54. The van der Waals surface area contributed by atoms with Gasteiger partial charge < -0.3 is 15.9 Å². The van der Waals surface area contributed by atoms with Crippen LogP contribution in [0.3, 0.4) is 0 Å². The third kappa shape index (κ3) is 2.40. The number of rotatable bonds is 3. The summed E-state index contributed by atoms with van der Waals surface area (Å²) < 4.78 is 13.1. The molecule has 1 rings (SSSR count). The molecular weight excluding hydrogens is 221 g/mol. The molecule has 0 bridgehead atoms. The third-order valence-corrected chi connectivity index (χ3v) is 2.66. The van der Waals surface area contributed by atoms with Gasteiger partial charge in [-0.25, -0.2) is 4.39 Å². The topological polar surface area (TPSA) is 66.5 Å². The molecular formula is C10H13ClFNO2. The summed E-state index contributed by atoms with van der Waals surface area (Å²) in [5.41, 5.74) is 5.86. The molecule has 0 saturated heterocycles. The highest BCUT2D eigenvalue weighted by molar-refractivity contribution is 6.31. The highest BCUT2D eigenvalue weighted by Gasteiger charge is 2.20. The van der Waals surface area contributed by atoms with Crippen molar-refractivity contribution in [1.29, 1.82) is 0 Å². The average Bonchev–Trinajstić information content (AvgIpc) is 2.16. The average molecular weight is 234 g/mol. The number of nitrogens with two attached hydrogens (primary N) is 1. The molecule has 3 nitrogen and oxygen atoms in total. The molecule has 1 atom stereocenters. The van der Waals surface area contributed by atoms with Crippen LogP contribution in [0.5, 0.6) is 5.75 Å². The van der Waals surface area contributed by atoms with Crippen LogP contribution < -0.4 is 5.73 Å². The van der Waals surface area contributed by atoms with Gasteiger partial charge in [0.05, 0.1) is 6.10 Å². The van der Waals surface area contributed by atoms with Gasteiger partial charge in [0.25, 0.3) is 0 Å². The predicted molar refractivity (Wildman–Crippen MR) is 56.4 cm³/mol. The number of halogens is 2. The van der Waals surface area contributed by atoms with Gasteiger partial charge in [0.1, 0.15) is 0 Å². The lowest BCUT2D eigenvalue weighted by molar-refractivity contribution is 0.165. The Labute approximate surface area is 92.3 Å². The van der Waals surface area contributed by atoms with Gasteiger partial charge in [-0.1, -0.05) is 11.6 Å². The van der Waals surface area contributed by atoms with Gasteiger partial charge in [-0.05, 0) is 31.5 Å². The van der Waals surface area contributed by atoms with Gasteiger partial charge in [-0.15, -0.1) is 0 Å². The minimum atomic E-state index is -0.997. The van der Waals surface area contributed by atoms with Crippen LogP contribution in [-0.2, 0) is 0 Å². The maximum atomic E-state index is 13.1. The van der Waals surface area contributed by atoms with E-state index < -0.39 is 17.7 Å². The SMILES string of the molecule is Cc1c(Cl)cc(F)c(O)c1C(O)CCN. The van der Waals surface area contributed by atoms with Crippen molar-refractivity contribution in [3.8, 4) is 5.75 Å². The van der Waals surface area contributed by atoms with Crippen LogP contribution >= 0.6 is 11.6 Å². The van der Waals surface area contributed by atoms with Gasteiger partial charge in [0, 0.05) is 10.6 Å². The van der Waals surface area contributed by atoms with Crippen molar-refractivity contribution >= 4 is 11.6 Å². The number of phenolic OH excluding ortho intramolecular Hbond substituents is 1. The summed E-state index contributed by atoms with van der Waals surface area (Å²) in [5.74, 6) is -1.39. The zero-order valence-electron chi connectivity index (χ0n) is 8.30. The largest absolute Gasteiger partial charge is 0.505 e. The summed E-state index contributed by atoms with van der Waals surface area (Å²) in [6, 6.07) is 1.02. The smallest absolute Gasteiger partial charge is 0.166 e. The third-order valence-electron chi connectivity index (χ3n) is 2.27. The van der Waals surface area contributed by atoms with Crippen LogP contribution in [0, 0.1) is 12.7 Å². The molecule has 5 heteroatoms. The Morgan fingerprint density at radius 1 is 1.60 bits per heavy atom. The van der Waals surface area contributed by atoms with Crippen LogP contribution in [0.2, 0.25) is 5.02 Å². The molecule has 0 aliphatic carbocycles. The second-order valence-corrected chi connectivity index (χ2v) is 3.73. The van der Waals surface area contributed by atoms with Crippen molar-refractivity contribution in [1.82, 2.24) is 0 Å². The molecule has 0 aliphatic heterocycles. The lowest BCUT2D eigenvalue weighted by Gasteiger charge is -2.16. The monoisotopic (exact) mass is 233 g/mol. The minimum absolute atomic E-state index is 0.116. The molecule has 1 aromatic carbocycles. The molecule has 0 spiro atoms. The van der Waals surface area contributed by atoms with E-state index in [4.69, 9.17) is 17.3 Å². The van der Waals surface area contributed by atoms with E-state index in [0.717, 1.165) is 6.07 Å². The molecule has 1 aromatic rings. The van der Waals surface area contributed by atoms with E-state index in [2.05, 4.69) is 0 Å². The number of phenols is 1. The van der Waals surface area contributed by atoms with E-state index in [1.165, 1.54) is 0 Å². The Kier molecular flexibility index (Phi) is 3.90. The number of aliphatic hydroxyl groups excluding tert-OH is 1. The summed E-state index contributed by atoms with van der Waals surface area (Å²) in [4.78, 5) is 0. The summed E-state index contributed by atoms with van der Waals surface area (Å²) in [6.07, 6.45) is -0.753. The number of hydrogen-bond acceptors (Lipinski definition) is 3. The molecule has 4 N–H and O–H groups in total. The normalized spacial score (nSPS) is 12.9. The predicted octanol–water partition coefficient (Wildman–Crippen LogP) is 1.88. The standard InChI is InChI=1S/C10H13ClFNO2/c1-5-6(11)4-7(12)10(15)9(5)8(14)2-3-13/h4,8,14-15H,2-3,13H2,1H3. The Hall–Kier alpha value is -0.840. The van der Waals surface area contributed by atoms with E-state index >= 15 is 0 Å². The van der Waals surface area contributed by atoms with Gasteiger partial charge >= 0.3 is 0 Å². The van der Waals surface area contributed by atoms with Crippen molar-refractivity contribution in [2.75, 3.05) is 6.54 Å². The van der Waals surface area contributed by atoms with Crippen molar-refractivity contribution < 1.29 is 14.6 Å². The summed E-state index contributed by atoms with van der Waals surface area (Å²) in [5, 5.41) is 19.3. The zero-order valence-corrected chi connectivity index (χ0v) is 9.05. The molecule has 0 aliphatic rings. The summed E-state index contributed by atoms with van der Waals surface area (Å²) in [7, 11) is 0. The highest BCUT2D eigenvalue weighted by atomic mass is 35.5.